The molecule has 0 aliphatic carbocycles. The molecule has 0 unspecified atom stereocenters. The summed E-state index contributed by atoms with van der Waals surface area (Å²) in [6, 6.07) is 22.0. The van der Waals surface area contributed by atoms with Crippen molar-refractivity contribution in [2.45, 2.75) is 25.7 Å². The monoisotopic (exact) mass is 500 g/mol. The summed E-state index contributed by atoms with van der Waals surface area (Å²) in [7, 11) is 3.92. The predicted molar refractivity (Wildman–Crippen MR) is 153 cm³/mol. The van der Waals surface area contributed by atoms with Crippen molar-refractivity contribution in [1.29, 1.82) is 0 Å². The lowest BCUT2D eigenvalue weighted by Crippen LogP contribution is -2.24. The van der Waals surface area contributed by atoms with Crippen LogP contribution in [0.4, 0.5) is 11.5 Å². The van der Waals surface area contributed by atoms with Gasteiger partial charge in [0.2, 0.25) is 0 Å². The zero-order chi connectivity index (χ0) is 26.2. The number of anilines is 1. The van der Waals surface area contributed by atoms with Crippen LogP contribution in [0.25, 0.3) is 27.6 Å². The number of aromatic nitrogens is 4. The Morgan fingerprint density at radius 2 is 1.82 bits per heavy atom. The van der Waals surface area contributed by atoms with E-state index in [2.05, 4.69) is 32.9 Å². The molecule has 188 valence electrons. The van der Waals surface area contributed by atoms with Gasteiger partial charge in [0, 0.05) is 62.2 Å². The molecule has 0 saturated carbocycles. The number of benzene rings is 2. The fourth-order valence-electron chi connectivity index (χ4n) is 5.16. The average molecular weight is 501 g/mol. The van der Waals surface area contributed by atoms with E-state index in [-0.39, 0.29) is 11.5 Å². The molecule has 5 aromatic rings. The first-order valence-corrected chi connectivity index (χ1v) is 12.7. The summed E-state index contributed by atoms with van der Waals surface area (Å²) in [4.78, 5) is 34.4. The summed E-state index contributed by atoms with van der Waals surface area (Å²) in [5, 5.41) is 1.59. The van der Waals surface area contributed by atoms with Crippen LogP contribution in [0.1, 0.15) is 29.9 Å². The molecule has 0 fully saturated rings. The second-order valence-electron chi connectivity index (χ2n) is 9.85. The van der Waals surface area contributed by atoms with Crippen LogP contribution in [-0.2, 0) is 12.8 Å². The van der Waals surface area contributed by atoms with Gasteiger partial charge in [-0.1, -0.05) is 43.3 Å². The van der Waals surface area contributed by atoms with Crippen LogP contribution in [0.15, 0.2) is 89.0 Å². The molecule has 6 rings (SSSR count). The number of fused-ring (bicyclic) bond motifs is 2. The van der Waals surface area contributed by atoms with Crippen molar-refractivity contribution in [3.63, 3.8) is 0 Å². The van der Waals surface area contributed by atoms with Gasteiger partial charge in [0.25, 0.3) is 5.56 Å². The number of hydrogen-bond acceptors (Lipinski definition) is 6. The van der Waals surface area contributed by atoms with Crippen LogP contribution in [0, 0.1) is 0 Å². The topological polar surface area (TPSA) is 76.3 Å². The van der Waals surface area contributed by atoms with E-state index in [0.29, 0.717) is 11.8 Å². The van der Waals surface area contributed by atoms with Crippen molar-refractivity contribution in [3.8, 4) is 16.8 Å². The summed E-state index contributed by atoms with van der Waals surface area (Å²) < 4.78 is 1.85. The Labute approximate surface area is 221 Å². The van der Waals surface area contributed by atoms with Crippen LogP contribution in [0.5, 0.6) is 0 Å². The van der Waals surface area contributed by atoms with Crippen molar-refractivity contribution in [2.75, 3.05) is 19.0 Å². The lowest BCUT2D eigenvalue weighted by Gasteiger charge is -2.21. The third-order valence-corrected chi connectivity index (χ3v) is 7.09. The second kappa shape index (κ2) is 9.67. The highest BCUT2D eigenvalue weighted by molar-refractivity contribution is 5.96. The number of nitrogens with zero attached hydrogens (tertiary/aromatic N) is 6. The quantitative estimate of drug-likeness (QED) is 0.307. The maximum atomic E-state index is 14.3. The maximum absolute atomic E-state index is 14.3. The molecular formula is C31H28N6O. The molecule has 1 aliphatic rings. The fraction of sp³-hybridized carbons (Fsp3) is 0.194. The highest BCUT2D eigenvalue weighted by Crippen LogP contribution is 2.33. The Hall–Kier alpha value is -4.65. The van der Waals surface area contributed by atoms with E-state index in [1.807, 2.05) is 96.6 Å². The molecule has 4 heterocycles. The van der Waals surface area contributed by atoms with Crippen LogP contribution < -0.4 is 10.5 Å². The third kappa shape index (κ3) is 4.16. The van der Waals surface area contributed by atoms with Gasteiger partial charge in [0.1, 0.15) is 17.8 Å². The second-order valence-corrected chi connectivity index (χ2v) is 9.85. The summed E-state index contributed by atoms with van der Waals surface area (Å²) in [5.74, 6) is 0.874. The van der Waals surface area contributed by atoms with Crippen molar-refractivity contribution >= 4 is 28.5 Å². The molecule has 0 amide bonds. The molecular weight excluding hydrogens is 472 g/mol. The first kappa shape index (κ1) is 23.7. The van der Waals surface area contributed by atoms with Gasteiger partial charge >= 0.3 is 0 Å². The fourth-order valence-corrected chi connectivity index (χ4v) is 5.16. The van der Waals surface area contributed by atoms with E-state index >= 15 is 0 Å². The first-order valence-electron chi connectivity index (χ1n) is 12.7. The van der Waals surface area contributed by atoms with Crippen LogP contribution in [0.2, 0.25) is 0 Å². The molecule has 2 aromatic carbocycles. The first-order chi connectivity index (χ1) is 18.5. The van der Waals surface area contributed by atoms with Gasteiger partial charge in [-0.25, -0.2) is 15.0 Å². The Balaban J connectivity index is 1.53. The van der Waals surface area contributed by atoms with Gasteiger partial charge in [-0.2, -0.15) is 0 Å². The van der Waals surface area contributed by atoms with Gasteiger partial charge in [0.05, 0.1) is 16.8 Å². The third-order valence-electron chi connectivity index (χ3n) is 7.09. The predicted octanol–water partition coefficient (Wildman–Crippen LogP) is 5.51. The Morgan fingerprint density at radius 1 is 0.974 bits per heavy atom. The molecule has 0 N–H and O–H groups in total. The highest BCUT2D eigenvalue weighted by Gasteiger charge is 2.22. The van der Waals surface area contributed by atoms with Gasteiger partial charge in [-0.05, 0) is 41.3 Å². The van der Waals surface area contributed by atoms with E-state index in [4.69, 9.17) is 0 Å². The minimum atomic E-state index is -0.0474. The number of pyridine rings is 2. The zero-order valence-electron chi connectivity index (χ0n) is 21.7. The molecule has 0 radical (unpaired) electrons. The highest BCUT2D eigenvalue weighted by atomic mass is 16.1. The van der Waals surface area contributed by atoms with Crippen molar-refractivity contribution < 1.29 is 0 Å². The largest absolute Gasteiger partial charge is 0.363 e. The van der Waals surface area contributed by atoms with Crippen molar-refractivity contribution in [1.82, 2.24) is 19.5 Å². The summed E-state index contributed by atoms with van der Waals surface area (Å²) in [5.41, 5.74) is 6.23. The van der Waals surface area contributed by atoms with Crippen LogP contribution in [0.3, 0.4) is 0 Å². The maximum Gasteiger partial charge on any atom is 0.263 e. The molecule has 7 nitrogen and oxygen atoms in total. The molecule has 0 saturated heterocycles. The van der Waals surface area contributed by atoms with E-state index in [9.17, 15) is 4.79 Å². The number of aliphatic imine (C=N–C) groups is 1. The van der Waals surface area contributed by atoms with Crippen LogP contribution >= 0.6 is 0 Å². The Bertz CT molecular complexity index is 1720. The normalized spacial score (nSPS) is 13.0. The molecule has 3 aromatic heterocycles. The van der Waals surface area contributed by atoms with Gasteiger partial charge < -0.3 is 4.90 Å². The molecule has 1 atom stereocenters. The molecule has 1 aliphatic heterocycles. The standard InChI is InChI=1S/C31H28N6O/c1-20(16-26-30-25(14-15-32-30)34-19-35-26)27-17-21-8-7-11-24(22-12-13-28(33-18-22)36(2)3)29(21)31(38)37(27)23-9-5-4-6-10-23/h4-13,15,17-20H,14,16H2,1-3H3/t20-/m1/s1. The van der Waals surface area contributed by atoms with Gasteiger partial charge in [-0.3, -0.25) is 14.4 Å². The van der Waals surface area contributed by atoms with Crippen molar-refractivity contribution in [2.24, 2.45) is 4.99 Å². The van der Waals surface area contributed by atoms with E-state index in [0.717, 1.165) is 57.2 Å². The minimum Gasteiger partial charge on any atom is -0.363 e. The lowest BCUT2D eigenvalue weighted by molar-refractivity contribution is 0.683. The van der Waals surface area contributed by atoms with Crippen LogP contribution in [-0.4, -0.2) is 39.8 Å². The van der Waals surface area contributed by atoms with E-state index in [1.54, 1.807) is 6.33 Å². The van der Waals surface area contributed by atoms with Crippen molar-refractivity contribution in [3.05, 3.63) is 107 Å². The molecule has 0 spiro atoms. The molecule has 7 heteroatoms. The Morgan fingerprint density at radius 3 is 2.58 bits per heavy atom. The number of rotatable bonds is 6. The minimum absolute atomic E-state index is 0.00630. The summed E-state index contributed by atoms with van der Waals surface area (Å²) in [6.45, 7) is 2.14. The average Bonchev–Trinajstić information content (AvgIpc) is 3.43. The summed E-state index contributed by atoms with van der Waals surface area (Å²) in [6.07, 6.45) is 6.71. The summed E-state index contributed by atoms with van der Waals surface area (Å²) >= 11 is 0. The SMILES string of the molecule is C[C@H](Cc1ncnc2c1N=CC2)c1cc2cccc(-c3ccc(N(C)C)nc3)c2c(=O)n1-c1ccccc1. The van der Waals surface area contributed by atoms with E-state index < -0.39 is 0 Å². The zero-order valence-corrected chi connectivity index (χ0v) is 21.7. The number of hydrogen-bond donors (Lipinski definition) is 0. The smallest absolute Gasteiger partial charge is 0.263 e. The molecule has 0 bridgehead atoms. The number of para-hydroxylation sites is 1. The van der Waals surface area contributed by atoms with Gasteiger partial charge in [0.15, 0.2) is 0 Å². The lowest BCUT2D eigenvalue weighted by atomic mass is 9.94. The Kier molecular flexibility index (Phi) is 6.04. The van der Waals surface area contributed by atoms with E-state index in [1.165, 1.54) is 0 Å². The van der Waals surface area contributed by atoms with Gasteiger partial charge in [-0.15, -0.1) is 0 Å². The molecule has 38 heavy (non-hydrogen) atoms.